The van der Waals surface area contributed by atoms with Gasteiger partial charge in [-0.3, -0.25) is 0 Å². The van der Waals surface area contributed by atoms with Crippen molar-refractivity contribution in [3.63, 3.8) is 0 Å². The van der Waals surface area contributed by atoms with E-state index in [2.05, 4.69) is 0 Å². The highest BCUT2D eigenvalue weighted by atomic mass is 16.5. The van der Waals surface area contributed by atoms with Gasteiger partial charge in [0.2, 0.25) is 0 Å². The third kappa shape index (κ3) is 1.82. The molecule has 0 bridgehead atoms. The topological polar surface area (TPSA) is 48.4 Å². The molecule has 0 amide bonds. The van der Waals surface area contributed by atoms with Gasteiger partial charge in [0.1, 0.15) is 5.76 Å². The molecular weight excluding hydrogens is 142 g/mol. The Hall–Kier alpha value is -0.800. The van der Waals surface area contributed by atoms with Crippen molar-refractivity contribution in [1.29, 1.82) is 0 Å². The van der Waals surface area contributed by atoms with Gasteiger partial charge in [0.05, 0.1) is 18.9 Å². The third-order valence-corrected chi connectivity index (χ3v) is 1.49. The molecule has 1 heterocycles. The molecule has 1 aromatic heterocycles. The summed E-state index contributed by atoms with van der Waals surface area (Å²) in [6, 6.07) is 1.82. The lowest BCUT2D eigenvalue weighted by molar-refractivity contribution is 0.182. The zero-order valence-electron chi connectivity index (χ0n) is 6.83. The molecule has 0 saturated heterocycles. The molecule has 1 aromatic rings. The Kier molecular flexibility index (Phi) is 2.68. The van der Waals surface area contributed by atoms with Crippen LogP contribution < -0.4 is 5.73 Å². The maximum atomic E-state index is 5.64. The van der Waals surface area contributed by atoms with E-state index in [0.29, 0.717) is 6.61 Å². The Morgan fingerprint density at radius 2 is 2.45 bits per heavy atom. The van der Waals surface area contributed by atoms with Gasteiger partial charge in [0, 0.05) is 12.7 Å². The second-order valence-electron chi connectivity index (χ2n) is 2.53. The van der Waals surface area contributed by atoms with E-state index in [1.54, 1.807) is 13.4 Å². The molecule has 0 aliphatic carbocycles. The van der Waals surface area contributed by atoms with Crippen LogP contribution in [0.5, 0.6) is 0 Å². The molecule has 0 spiro atoms. The van der Waals surface area contributed by atoms with E-state index < -0.39 is 0 Å². The quantitative estimate of drug-likeness (QED) is 0.718. The lowest BCUT2D eigenvalue weighted by atomic mass is 10.2. The molecule has 0 unspecified atom stereocenters. The average molecular weight is 155 g/mol. The zero-order valence-corrected chi connectivity index (χ0v) is 6.83. The van der Waals surface area contributed by atoms with Crippen molar-refractivity contribution >= 4 is 0 Å². The molecule has 11 heavy (non-hydrogen) atoms. The SMILES string of the molecule is COCc1ccoc1[C@@H](C)N. The van der Waals surface area contributed by atoms with E-state index in [-0.39, 0.29) is 6.04 Å². The normalized spacial score (nSPS) is 13.4. The van der Waals surface area contributed by atoms with Crippen LogP contribution in [0.25, 0.3) is 0 Å². The van der Waals surface area contributed by atoms with E-state index >= 15 is 0 Å². The number of hydrogen-bond donors (Lipinski definition) is 1. The van der Waals surface area contributed by atoms with E-state index in [9.17, 15) is 0 Å². The Morgan fingerprint density at radius 3 is 3.00 bits per heavy atom. The molecule has 0 aliphatic rings. The highest BCUT2D eigenvalue weighted by molar-refractivity contribution is 5.18. The van der Waals surface area contributed by atoms with Crippen LogP contribution in [-0.4, -0.2) is 7.11 Å². The van der Waals surface area contributed by atoms with Gasteiger partial charge in [-0.1, -0.05) is 0 Å². The van der Waals surface area contributed by atoms with Gasteiger partial charge >= 0.3 is 0 Å². The number of furan rings is 1. The van der Waals surface area contributed by atoms with Crippen molar-refractivity contribution in [3.05, 3.63) is 23.7 Å². The van der Waals surface area contributed by atoms with Crippen molar-refractivity contribution in [3.8, 4) is 0 Å². The highest BCUT2D eigenvalue weighted by Crippen LogP contribution is 2.17. The second-order valence-corrected chi connectivity index (χ2v) is 2.53. The van der Waals surface area contributed by atoms with Crippen molar-refractivity contribution in [2.75, 3.05) is 7.11 Å². The molecule has 3 heteroatoms. The van der Waals surface area contributed by atoms with E-state index in [4.69, 9.17) is 14.9 Å². The standard InChI is InChI=1S/C8H13NO2/c1-6(9)8-7(5-10-2)3-4-11-8/h3-4,6H,5,9H2,1-2H3/t6-/m1/s1. The first-order valence-corrected chi connectivity index (χ1v) is 3.56. The minimum atomic E-state index is -0.0600. The first-order valence-electron chi connectivity index (χ1n) is 3.56. The Bertz CT molecular complexity index is 218. The molecule has 0 radical (unpaired) electrons. The van der Waals surface area contributed by atoms with Crippen LogP contribution in [0.15, 0.2) is 16.7 Å². The maximum Gasteiger partial charge on any atom is 0.125 e. The molecule has 0 fully saturated rings. The monoisotopic (exact) mass is 155 g/mol. The van der Waals surface area contributed by atoms with E-state index in [1.807, 2.05) is 13.0 Å². The fourth-order valence-corrected chi connectivity index (χ4v) is 1.02. The third-order valence-electron chi connectivity index (χ3n) is 1.49. The highest BCUT2D eigenvalue weighted by Gasteiger charge is 2.09. The number of nitrogens with two attached hydrogens (primary N) is 1. The van der Waals surface area contributed by atoms with Crippen LogP contribution in [0.1, 0.15) is 24.3 Å². The summed E-state index contributed by atoms with van der Waals surface area (Å²) in [6.07, 6.45) is 1.63. The van der Waals surface area contributed by atoms with Gasteiger partial charge in [-0.05, 0) is 13.0 Å². The summed E-state index contributed by atoms with van der Waals surface area (Å²) in [5.41, 5.74) is 6.67. The Balaban J connectivity index is 2.78. The van der Waals surface area contributed by atoms with Gasteiger partial charge in [-0.25, -0.2) is 0 Å². The number of rotatable bonds is 3. The van der Waals surface area contributed by atoms with Gasteiger partial charge < -0.3 is 14.9 Å². The zero-order chi connectivity index (χ0) is 8.27. The smallest absolute Gasteiger partial charge is 0.125 e. The van der Waals surface area contributed by atoms with Crippen LogP contribution in [0.2, 0.25) is 0 Å². The number of methoxy groups -OCH3 is 1. The summed E-state index contributed by atoms with van der Waals surface area (Å²) in [7, 11) is 1.65. The molecule has 0 aromatic carbocycles. The molecule has 0 saturated carbocycles. The minimum Gasteiger partial charge on any atom is -0.467 e. The summed E-state index contributed by atoms with van der Waals surface area (Å²) in [5.74, 6) is 0.812. The fourth-order valence-electron chi connectivity index (χ4n) is 1.02. The Labute approximate surface area is 66.1 Å². The van der Waals surface area contributed by atoms with E-state index in [0.717, 1.165) is 11.3 Å². The van der Waals surface area contributed by atoms with Crippen molar-refractivity contribution in [2.24, 2.45) is 5.73 Å². The largest absolute Gasteiger partial charge is 0.467 e. The first-order chi connectivity index (χ1) is 5.25. The van der Waals surface area contributed by atoms with Crippen molar-refractivity contribution < 1.29 is 9.15 Å². The van der Waals surface area contributed by atoms with Gasteiger partial charge in [-0.2, -0.15) is 0 Å². The lowest BCUT2D eigenvalue weighted by Crippen LogP contribution is -2.06. The summed E-state index contributed by atoms with van der Waals surface area (Å²) >= 11 is 0. The molecule has 3 nitrogen and oxygen atoms in total. The van der Waals surface area contributed by atoms with Gasteiger partial charge in [0.25, 0.3) is 0 Å². The molecule has 0 aliphatic heterocycles. The first kappa shape index (κ1) is 8.30. The number of ether oxygens (including phenoxy) is 1. The predicted molar refractivity (Wildman–Crippen MR) is 42.0 cm³/mol. The summed E-state index contributed by atoms with van der Waals surface area (Å²) < 4.78 is 10.1. The van der Waals surface area contributed by atoms with Gasteiger partial charge in [0.15, 0.2) is 0 Å². The van der Waals surface area contributed by atoms with Crippen LogP contribution in [0, 0.1) is 0 Å². The summed E-state index contributed by atoms with van der Waals surface area (Å²) in [5, 5.41) is 0. The second kappa shape index (κ2) is 3.55. The predicted octanol–water partition coefficient (Wildman–Crippen LogP) is 1.45. The van der Waals surface area contributed by atoms with Crippen molar-refractivity contribution in [2.45, 2.75) is 19.6 Å². The lowest BCUT2D eigenvalue weighted by Gasteiger charge is -2.03. The van der Waals surface area contributed by atoms with Crippen LogP contribution in [0.4, 0.5) is 0 Å². The van der Waals surface area contributed by atoms with Crippen LogP contribution >= 0.6 is 0 Å². The maximum absolute atomic E-state index is 5.64. The fraction of sp³-hybridized carbons (Fsp3) is 0.500. The van der Waals surface area contributed by atoms with Crippen LogP contribution in [0.3, 0.4) is 0 Å². The van der Waals surface area contributed by atoms with Crippen LogP contribution in [-0.2, 0) is 11.3 Å². The molecule has 1 rings (SSSR count). The summed E-state index contributed by atoms with van der Waals surface area (Å²) in [6.45, 7) is 2.45. The molecular formula is C8H13NO2. The number of hydrogen-bond acceptors (Lipinski definition) is 3. The van der Waals surface area contributed by atoms with E-state index in [1.165, 1.54) is 0 Å². The average Bonchev–Trinajstić information content (AvgIpc) is 2.36. The Morgan fingerprint density at radius 1 is 1.73 bits per heavy atom. The minimum absolute atomic E-state index is 0.0600. The molecule has 2 N–H and O–H groups in total. The van der Waals surface area contributed by atoms with Gasteiger partial charge in [-0.15, -0.1) is 0 Å². The molecule has 1 atom stereocenters. The molecule has 62 valence electrons. The van der Waals surface area contributed by atoms with Crippen molar-refractivity contribution in [1.82, 2.24) is 0 Å². The summed E-state index contributed by atoms with van der Waals surface area (Å²) in [4.78, 5) is 0.